The van der Waals surface area contributed by atoms with E-state index in [1.54, 1.807) is 24.3 Å². The number of benzene rings is 2. The molecule has 0 spiro atoms. The van der Waals surface area contributed by atoms with E-state index in [1.807, 2.05) is 31.2 Å². The van der Waals surface area contributed by atoms with Gasteiger partial charge in [0.2, 0.25) is 11.5 Å². The largest absolute Gasteiger partial charge is 0.476 e. The van der Waals surface area contributed by atoms with E-state index in [1.165, 1.54) is 17.8 Å². The number of aryl methyl sites for hydroxylation is 1. The van der Waals surface area contributed by atoms with Crippen LogP contribution >= 0.6 is 0 Å². The summed E-state index contributed by atoms with van der Waals surface area (Å²) >= 11 is 0. The molecule has 0 fully saturated rings. The lowest BCUT2D eigenvalue weighted by atomic mass is 10.1. The highest BCUT2D eigenvalue weighted by Gasteiger charge is 2.08. The number of carboxylic acid groups (broad SMARTS) is 1. The summed E-state index contributed by atoms with van der Waals surface area (Å²) in [7, 11) is 1.40. The Morgan fingerprint density at radius 3 is 2.38 bits per heavy atom. The van der Waals surface area contributed by atoms with Crippen LogP contribution in [0.5, 0.6) is 11.6 Å². The first kappa shape index (κ1) is 22.4. The zero-order valence-electron chi connectivity index (χ0n) is 18.3. The molecular weight excluding hydrogens is 440 g/mol. The van der Waals surface area contributed by atoms with Gasteiger partial charge in [-0.1, -0.05) is 29.8 Å². The number of nitrogens with one attached hydrogen (secondary N) is 1. The average Bonchev–Trinajstić information content (AvgIpc) is 2.83. The number of carboxylic acids is 1. The SMILES string of the molecule is Cc1ccc(Cn2c(=O)n(C)c(=O)[nH]/c2=N\c2ccc(Oc3cnc(C(=O)O)cn3)cc2)cc1. The second-order valence-electron chi connectivity index (χ2n) is 7.42. The molecule has 0 unspecified atom stereocenters. The molecule has 0 bridgehead atoms. The topological polar surface area (TPSA) is 144 Å². The van der Waals surface area contributed by atoms with Gasteiger partial charge in [-0.05, 0) is 36.8 Å². The van der Waals surface area contributed by atoms with Gasteiger partial charge in [-0.15, -0.1) is 0 Å². The van der Waals surface area contributed by atoms with Crippen molar-refractivity contribution >= 4 is 11.7 Å². The smallest absolute Gasteiger partial charge is 0.356 e. The Morgan fingerprint density at radius 1 is 1.06 bits per heavy atom. The number of nitrogens with zero attached hydrogens (tertiary/aromatic N) is 5. The fourth-order valence-corrected chi connectivity index (χ4v) is 3.02. The fourth-order valence-electron chi connectivity index (χ4n) is 3.02. The van der Waals surface area contributed by atoms with E-state index in [0.29, 0.717) is 11.4 Å². The molecule has 0 amide bonds. The number of ether oxygens (including phenoxy) is 1. The summed E-state index contributed by atoms with van der Waals surface area (Å²) in [6, 6.07) is 14.2. The van der Waals surface area contributed by atoms with Crippen molar-refractivity contribution in [2.75, 3.05) is 0 Å². The van der Waals surface area contributed by atoms with Crippen molar-refractivity contribution in [3.8, 4) is 11.6 Å². The van der Waals surface area contributed by atoms with Crippen molar-refractivity contribution in [1.29, 1.82) is 0 Å². The molecule has 11 nitrogen and oxygen atoms in total. The zero-order chi connectivity index (χ0) is 24.2. The summed E-state index contributed by atoms with van der Waals surface area (Å²) in [5.41, 5.74) is 1.30. The Kier molecular flexibility index (Phi) is 6.17. The predicted molar refractivity (Wildman–Crippen MR) is 121 cm³/mol. The molecular formula is C23H20N6O5. The molecule has 2 aromatic carbocycles. The van der Waals surface area contributed by atoms with Crippen molar-refractivity contribution in [1.82, 2.24) is 24.1 Å². The van der Waals surface area contributed by atoms with Crippen molar-refractivity contribution in [3.63, 3.8) is 0 Å². The van der Waals surface area contributed by atoms with E-state index in [-0.39, 0.29) is 23.7 Å². The Hall–Kier alpha value is -4.80. The van der Waals surface area contributed by atoms with Gasteiger partial charge in [0.25, 0.3) is 0 Å². The minimum atomic E-state index is -1.18. The lowest BCUT2D eigenvalue weighted by Crippen LogP contribution is -2.48. The number of rotatable bonds is 6. The summed E-state index contributed by atoms with van der Waals surface area (Å²) in [5.74, 6) is -0.638. The van der Waals surface area contributed by atoms with Crippen LogP contribution < -0.4 is 21.7 Å². The number of H-pyrrole nitrogens is 1. The normalized spacial score (nSPS) is 11.4. The van der Waals surface area contributed by atoms with E-state index in [0.717, 1.165) is 21.9 Å². The van der Waals surface area contributed by atoms with Crippen LogP contribution in [-0.4, -0.2) is 35.2 Å². The highest BCUT2D eigenvalue weighted by Crippen LogP contribution is 2.22. The lowest BCUT2D eigenvalue weighted by Gasteiger charge is -2.09. The maximum atomic E-state index is 12.8. The van der Waals surface area contributed by atoms with Crippen LogP contribution in [0, 0.1) is 6.92 Å². The first-order valence-electron chi connectivity index (χ1n) is 10.1. The molecule has 0 aliphatic carbocycles. The summed E-state index contributed by atoms with van der Waals surface area (Å²) in [5, 5.41) is 8.88. The molecule has 34 heavy (non-hydrogen) atoms. The molecule has 0 atom stereocenters. The number of hydrogen-bond donors (Lipinski definition) is 2. The third-order valence-corrected chi connectivity index (χ3v) is 4.90. The molecule has 0 radical (unpaired) electrons. The molecule has 0 saturated heterocycles. The van der Waals surface area contributed by atoms with Gasteiger partial charge < -0.3 is 9.84 Å². The number of carbonyl (C=O) groups is 1. The van der Waals surface area contributed by atoms with E-state index < -0.39 is 17.3 Å². The van der Waals surface area contributed by atoms with E-state index >= 15 is 0 Å². The Labute approximate surface area is 192 Å². The Bertz CT molecular complexity index is 1520. The number of aromatic amines is 1. The van der Waals surface area contributed by atoms with Crippen LogP contribution in [0.2, 0.25) is 0 Å². The molecule has 2 heterocycles. The van der Waals surface area contributed by atoms with Crippen LogP contribution in [-0.2, 0) is 13.6 Å². The molecule has 2 N–H and O–H groups in total. The van der Waals surface area contributed by atoms with Crippen molar-refractivity contribution in [2.24, 2.45) is 12.0 Å². The molecule has 4 aromatic rings. The van der Waals surface area contributed by atoms with Gasteiger partial charge >= 0.3 is 17.3 Å². The fraction of sp³-hybridized carbons (Fsp3) is 0.130. The Morgan fingerprint density at radius 2 is 1.76 bits per heavy atom. The molecule has 172 valence electrons. The van der Waals surface area contributed by atoms with Crippen LogP contribution in [0.15, 0.2) is 75.5 Å². The minimum absolute atomic E-state index is 0.109. The maximum absolute atomic E-state index is 12.8. The summed E-state index contributed by atoms with van der Waals surface area (Å²) in [4.78, 5) is 50.5. The molecule has 4 rings (SSSR count). The Balaban J connectivity index is 1.64. The molecule has 11 heteroatoms. The van der Waals surface area contributed by atoms with Gasteiger partial charge in [-0.3, -0.25) is 9.55 Å². The van der Waals surface area contributed by atoms with Gasteiger partial charge in [0.05, 0.1) is 24.6 Å². The molecule has 2 aromatic heterocycles. The number of aromatic nitrogens is 5. The van der Waals surface area contributed by atoms with Gasteiger partial charge in [0.1, 0.15) is 5.75 Å². The zero-order valence-corrected chi connectivity index (χ0v) is 18.3. The number of hydrogen-bond acceptors (Lipinski definition) is 7. The highest BCUT2D eigenvalue weighted by molar-refractivity contribution is 5.84. The first-order chi connectivity index (χ1) is 16.3. The van der Waals surface area contributed by atoms with Crippen molar-refractivity contribution in [2.45, 2.75) is 13.5 Å². The van der Waals surface area contributed by atoms with Crippen molar-refractivity contribution < 1.29 is 14.6 Å². The summed E-state index contributed by atoms with van der Waals surface area (Å²) in [6.45, 7) is 2.20. The van der Waals surface area contributed by atoms with Gasteiger partial charge in [-0.2, -0.15) is 0 Å². The van der Waals surface area contributed by atoms with Crippen LogP contribution in [0.3, 0.4) is 0 Å². The summed E-state index contributed by atoms with van der Waals surface area (Å²) < 4.78 is 7.93. The lowest BCUT2D eigenvalue weighted by molar-refractivity contribution is 0.0690. The summed E-state index contributed by atoms with van der Waals surface area (Å²) in [6.07, 6.45) is 2.31. The van der Waals surface area contributed by atoms with Crippen LogP contribution in [0.4, 0.5) is 5.69 Å². The van der Waals surface area contributed by atoms with Gasteiger partial charge in [0.15, 0.2) is 5.69 Å². The minimum Gasteiger partial charge on any atom is -0.476 e. The molecule has 0 aliphatic rings. The first-order valence-corrected chi connectivity index (χ1v) is 10.1. The third kappa shape index (κ3) is 4.99. The highest BCUT2D eigenvalue weighted by atomic mass is 16.5. The molecule has 0 aliphatic heterocycles. The number of aromatic carboxylic acids is 1. The van der Waals surface area contributed by atoms with Crippen LogP contribution in [0.25, 0.3) is 0 Å². The second kappa shape index (κ2) is 9.36. The van der Waals surface area contributed by atoms with E-state index in [4.69, 9.17) is 9.84 Å². The van der Waals surface area contributed by atoms with Gasteiger partial charge in [-0.25, -0.2) is 33.9 Å². The third-order valence-electron chi connectivity index (χ3n) is 4.90. The van der Waals surface area contributed by atoms with Gasteiger partial charge in [0, 0.05) is 7.05 Å². The second-order valence-corrected chi connectivity index (χ2v) is 7.42. The van der Waals surface area contributed by atoms with E-state index in [9.17, 15) is 14.4 Å². The standard InChI is InChI=1S/C23H20N6O5/c1-14-3-5-15(6-4-14)13-29-21(27-22(32)28(2)23(29)33)26-16-7-9-17(10-8-16)34-19-12-24-18(11-25-19)20(30)31/h3-12H,13H2,1-2H3,(H,30,31)(H,26,27,32). The van der Waals surface area contributed by atoms with Crippen LogP contribution in [0.1, 0.15) is 21.6 Å². The average molecular weight is 460 g/mol. The van der Waals surface area contributed by atoms with Crippen molar-refractivity contribution in [3.05, 3.63) is 104 Å². The monoisotopic (exact) mass is 460 g/mol. The predicted octanol–water partition coefficient (Wildman–Crippen LogP) is 1.74. The quantitative estimate of drug-likeness (QED) is 0.446. The van der Waals surface area contributed by atoms with E-state index in [2.05, 4.69) is 19.9 Å². The maximum Gasteiger partial charge on any atom is 0.356 e. The molecule has 0 saturated carbocycles.